The molecule has 0 bridgehead atoms. The predicted molar refractivity (Wildman–Crippen MR) is 111 cm³/mol. The fourth-order valence-corrected chi connectivity index (χ4v) is 3.49. The number of aryl methyl sites for hydroxylation is 3. The van der Waals surface area contributed by atoms with Gasteiger partial charge in [-0.25, -0.2) is 9.59 Å². The van der Waals surface area contributed by atoms with Gasteiger partial charge in [0.2, 0.25) is 0 Å². The lowest BCUT2D eigenvalue weighted by Gasteiger charge is -2.29. The van der Waals surface area contributed by atoms with Crippen molar-refractivity contribution in [3.8, 4) is 5.75 Å². The number of amides is 2. The molecule has 1 aliphatic rings. The topological polar surface area (TPSA) is 76.7 Å². The van der Waals surface area contributed by atoms with Crippen LogP contribution in [0.2, 0.25) is 0 Å². The molecule has 29 heavy (non-hydrogen) atoms. The minimum Gasteiger partial charge on any atom is -0.489 e. The first kappa shape index (κ1) is 20.5. The Kier molecular flexibility index (Phi) is 5.92. The molecule has 0 saturated heterocycles. The maximum Gasteiger partial charge on any atom is 0.337 e. The number of hydrogen-bond donors (Lipinski definition) is 2. The summed E-state index contributed by atoms with van der Waals surface area (Å²) < 4.78 is 10.9. The van der Waals surface area contributed by atoms with E-state index in [1.54, 1.807) is 6.92 Å². The normalized spacial score (nSPS) is 16.2. The number of allylic oxidation sites excluding steroid dienone is 1. The Morgan fingerprint density at radius 3 is 2.38 bits per heavy atom. The molecule has 0 fully saturated rings. The number of urea groups is 1. The van der Waals surface area contributed by atoms with Crippen molar-refractivity contribution in [2.45, 2.75) is 40.3 Å². The van der Waals surface area contributed by atoms with Crippen molar-refractivity contribution in [1.29, 1.82) is 0 Å². The van der Waals surface area contributed by atoms with Crippen molar-refractivity contribution in [3.05, 3.63) is 75.5 Å². The van der Waals surface area contributed by atoms with Gasteiger partial charge in [0.05, 0.1) is 18.7 Å². The van der Waals surface area contributed by atoms with Crippen molar-refractivity contribution in [2.24, 2.45) is 0 Å². The fourth-order valence-electron chi connectivity index (χ4n) is 3.49. The lowest BCUT2D eigenvalue weighted by atomic mass is 9.89. The second-order valence-electron chi connectivity index (χ2n) is 7.30. The fraction of sp³-hybridized carbons (Fsp3) is 0.304. The van der Waals surface area contributed by atoms with Crippen molar-refractivity contribution in [1.82, 2.24) is 10.6 Å². The van der Waals surface area contributed by atoms with E-state index >= 15 is 0 Å². The second kappa shape index (κ2) is 8.39. The summed E-state index contributed by atoms with van der Waals surface area (Å²) in [4.78, 5) is 24.5. The van der Waals surface area contributed by atoms with Crippen LogP contribution >= 0.6 is 0 Å². The van der Waals surface area contributed by atoms with Gasteiger partial charge in [0.15, 0.2) is 0 Å². The van der Waals surface area contributed by atoms with Crippen molar-refractivity contribution < 1.29 is 19.1 Å². The summed E-state index contributed by atoms with van der Waals surface area (Å²) in [6.07, 6.45) is 0. The molecule has 0 aliphatic carbocycles. The highest BCUT2D eigenvalue weighted by molar-refractivity contribution is 5.95. The predicted octanol–water partition coefficient (Wildman–Crippen LogP) is 3.99. The molecule has 0 radical (unpaired) electrons. The number of esters is 1. The van der Waals surface area contributed by atoms with Gasteiger partial charge in [0, 0.05) is 5.70 Å². The lowest BCUT2D eigenvalue weighted by Crippen LogP contribution is -2.45. The van der Waals surface area contributed by atoms with Crippen LogP contribution in [0.5, 0.6) is 5.75 Å². The van der Waals surface area contributed by atoms with Crippen LogP contribution in [0, 0.1) is 20.8 Å². The van der Waals surface area contributed by atoms with Crippen LogP contribution in [0.25, 0.3) is 0 Å². The quantitative estimate of drug-likeness (QED) is 0.752. The number of methoxy groups -OCH3 is 1. The first-order valence-corrected chi connectivity index (χ1v) is 9.46. The molecule has 2 amide bonds. The Morgan fingerprint density at radius 2 is 1.72 bits per heavy atom. The van der Waals surface area contributed by atoms with Crippen LogP contribution in [-0.2, 0) is 16.1 Å². The standard InChI is InChI=1S/C23H26N2O4/c1-13-6-8-18(9-7-13)29-12-17-11-19(15(3)10-14(17)2)21-20(22(26)28-5)16(4)24-23(27)25-21/h6-11,21H,12H2,1-5H3,(H2,24,25,27). The minimum atomic E-state index is -0.588. The van der Waals surface area contributed by atoms with Gasteiger partial charge in [-0.3, -0.25) is 0 Å². The number of benzene rings is 2. The van der Waals surface area contributed by atoms with Gasteiger partial charge in [0.25, 0.3) is 0 Å². The van der Waals surface area contributed by atoms with E-state index in [0.717, 1.165) is 28.0 Å². The Balaban J connectivity index is 1.95. The molecule has 3 rings (SSSR count). The molecule has 6 heteroatoms. The minimum absolute atomic E-state index is 0.349. The highest BCUT2D eigenvalue weighted by atomic mass is 16.5. The maximum absolute atomic E-state index is 12.4. The summed E-state index contributed by atoms with van der Waals surface area (Å²) >= 11 is 0. The molecule has 2 aromatic rings. The number of carbonyl (C=O) groups is 2. The van der Waals surface area contributed by atoms with Crippen LogP contribution in [0.1, 0.15) is 40.8 Å². The molecular weight excluding hydrogens is 368 g/mol. The van der Waals surface area contributed by atoms with Crippen LogP contribution in [0.15, 0.2) is 47.7 Å². The summed E-state index contributed by atoms with van der Waals surface area (Å²) in [6, 6.07) is 11.0. The zero-order valence-electron chi connectivity index (χ0n) is 17.4. The van der Waals surface area contributed by atoms with E-state index in [0.29, 0.717) is 17.9 Å². The van der Waals surface area contributed by atoms with Gasteiger partial charge >= 0.3 is 12.0 Å². The highest BCUT2D eigenvalue weighted by Gasteiger charge is 2.33. The first-order valence-electron chi connectivity index (χ1n) is 9.46. The van der Waals surface area contributed by atoms with Crippen LogP contribution in [0.4, 0.5) is 4.79 Å². The van der Waals surface area contributed by atoms with Gasteiger partial charge in [-0.2, -0.15) is 0 Å². The number of carbonyl (C=O) groups excluding carboxylic acids is 2. The van der Waals surface area contributed by atoms with E-state index in [-0.39, 0.29) is 6.03 Å². The number of nitrogens with one attached hydrogen (secondary N) is 2. The summed E-state index contributed by atoms with van der Waals surface area (Å²) in [6.45, 7) is 8.10. The van der Waals surface area contributed by atoms with Crippen LogP contribution in [0.3, 0.4) is 0 Å². The van der Waals surface area contributed by atoms with Gasteiger partial charge in [-0.1, -0.05) is 23.8 Å². The highest BCUT2D eigenvalue weighted by Crippen LogP contribution is 2.31. The van der Waals surface area contributed by atoms with Gasteiger partial charge in [0.1, 0.15) is 12.4 Å². The monoisotopic (exact) mass is 394 g/mol. The third kappa shape index (κ3) is 4.42. The molecule has 0 spiro atoms. The Bertz CT molecular complexity index is 977. The van der Waals surface area contributed by atoms with Gasteiger partial charge < -0.3 is 20.1 Å². The molecule has 1 atom stereocenters. The molecule has 2 N–H and O–H groups in total. The third-order valence-corrected chi connectivity index (χ3v) is 5.13. The van der Waals surface area contributed by atoms with Gasteiger partial charge in [-0.05, 0) is 68.1 Å². The molecule has 6 nitrogen and oxygen atoms in total. The number of hydrogen-bond acceptors (Lipinski definition) is 4. The Labute approximate surface area is 170 Å². The zero-order valence-corrected chi connectivity index (χ0v) is 17.4. The van der Waals surface area contributed by atoms with Gasteiger partial charge in [-0.15, -0.1) is 0 Å². The smallest absolute Gasteiger partial charge is 0.337 e. The average molecular weight is 394 g/mol. The van der Waals surface area contributed by atoms with Crippen LogP contribution < -0.4 is 15.4 Å². The number of rotatable bonds is 5. The second-order valence-corrected chi connectivity index (χ2v) is 7.30. The molecule has 152 valence electrons. The molecule has 0 aromatic heterocycles. The summed E-state index contributed by atoms with van der Waals surface area (Å²) in [5, 5.41) is 5.49. The van der Waals surface area contributed by atoms with E-state index in [1.165, 1.54) is 12.7 Å². The third-order valence-electron chi connectivity index (χ3n) is 5.13. The molecule has 1 heterocycles. The molecule has 1 unspecified atom stereocenters. The summed E-state index contributed by atoms with van der Waals surface area (Å²) in [5.74, 6) is 0.315. The maximum atomic E-state index is 12.4. The molecule has 2 aromatic carbocycles. The Hall–Kier alpha value is -3.28. The van der Waals surface area contributed by atoms with Crippen molar-refractivity contribution >= 4 is 12.0 Å². The molecular formula is C23H26N2O4. The van der Waals surface area contributed by atoms with E-state index in [9.17, 15) is 9.59 Å². The van der Waals surface area contributed by atoms with E-state index in [1.807, 2.05) is 57.2 Å². The largest absolute Gasteiger partial charge is 0.489 e. The van der Waals surface area contributed by atoms with Crippen molar-refractivity contribution in [2.75, 3.05) is 7.11 Å². The SMILES string of the molecule is COC(=O)C1=C(C)NC(=O)NC1c1cc(COc2ccc(C)cc2)c(C)cc1C. The van der Waals surface area contributed by atoms with Crippen LogP contribution in [-0.4, -0.2) is 19.1 Å². The summed E-state index contributed by atoms with van der Waals surface area (Å²) in [7, 11) is 1.33. The average Bonchev–Trinajstić information content (AvgIpc) is 2.67. The lowest BCUT2D eigenvalue weighted by molar-refractivity contribution is -0.136. The van der Waals surface area contributed by atoms with Crippen molar-refractivity contribution in [3.63, 3.8) is 0 Å². The Morgan fingerprint density at radius 1 is 1.03 bits per heavy atom. The van der Waals surface area contributed by atoms with E-state index in [4.69, 9.17) is 9.47 Å². The first-order chi connectivity index (χ1) is 13.8. The summed E-state index contributed by atoms with van der Waals surface area (Å²) in [5.41, 5.74) is 5.94. The molecule has 1 aliphatic heterocycles. The molecule has 0 saturated carbocycles. The van der Waals surface area contributed by atoms with E-state index in [2.05, 4.69) is 10.6 Å². The number of ether oxygens (including phenoxy) is 2. The zero-order chi connectivity index (χ0) is 21.1. The van der Waals surface area contributed by atoms with E-state index < -0.39 is 12.0 Å².